The van der Waals surface area contributed by atoms with E-state index in [-0.39, 0.29) is 5.82 Å². The van der Waals surface area contributed by atoms with Crippen molar-refractivity contribution in [1.82, 2.24) is 4.57 Å². The largest absolute Gasteiger partial charge is 0.316 e. The van der Waals surface area contributed by atoms with Gasteiger partial charge in [-0.15, -0.1) is 0 Å². The minimum absolute atomic E-state index is 0.210. The van der Waals surface area contributed by atoms with Gasteiger partial charge in [-0.2, -0.15) is 0 Å². The number of hydrogen-bond acceptors (Lipinski definition) is 0. The highest BCUT2D eigenvalue weighted by Crippen LogP contribution is 2.24. The number of benzene rings is 2. The van der Waals surface area contributed by atoms with Gasteiger partial charge in [0.1, 0.15) is 5.82 Å². The molecule has 1 aromatic heterocycles. The summed E-state index contributed by atoms with van der Waals surface area (Å²) in [4.78, 5) is 0. The topological polar surface area (TPSA) is 4.93 Å². The van der Waals surface area contributed by atoms with Crippen molar-refractivity contribution in [2.24, 2.45) is 0 Å². The minimum Gasteiger partial charge on any atom is -0.316 e. The van der Waals surface area contributed by atoms with Gasteiger partial charge in [0.25, 0.3) is 0 Å². The first-order valence-electron chi connectivity index (χ1n) is 5.58. The van der Waals surface area contributed by atoms with E-state index in [1.165, 1.54) is 17.0 Å². The van der Waals surface area contributed by atoms with E-state index in [9.17, 15) is 4.39 Å². The molecule has 0 unspecified atom stereocenters. The lowest BCUT2D eigenvalue weighted by molar-refractivity contribution is 0.627. The Morgan fingerprint density at radius 2 is 1.82 bits per heavy atom. The van der Waals surface area contributed by atoms with Gasteiger partial charge in [-0.25, -0.2) is 4.39 Å². The molecule has 3 aromatic rings. The Hall–Kier alpha value is -2.09. The third-order valence-corrected chi connectivity index (χ3v) is 3.00. The molecule has 0 saturated carbocycles. The highest BCUT2D eigenvalue weighted by atomic mass is 19.1. The van der Waals surface area contributed by atoms with Crippen LogP contribution in [0, 0.1) is 12.7 Å². The van der Waals surface area contributed by atoms with Crippen molar-refractivity contribution >= 4 is 10.9 Å². The highest BCUT2D eigenvalue weighted by molar-refractivity contribution is 5.85. The van der Waals surface area contributed by atoms with Crippen LogP contribution in [0.4, 0.5) is 4.39 Å². The summed E-state index contributed by atoms with van der Waals surface area (Å²) in [5.74, 6) is -0.210. The Bertz CT molecular complexity index is 682. The molecule has 0 aliphatic carbocycles. The summed E-state index contributed by atoms with van der Waals surface area (Å²) in [6, 6.07) is 14.8. The van der Waals surface area contributed by atoms with Crippen LogP contribution in [0.5, 0.6) is 0 Å². The van der Waals surface area contributed by atoms with Crippen molar-refractivity contribution in [3.8, 4) is 5.69 Å². The molecule has 0 bridgehead atoms. The van der Waals surface area contributed by atoms with E-state index in [1.807, 2.05) is 35.0 Å². The van der Waals surface area contributed by atoms with Crippen LogP contribution in [0.3, 0.4) is 0 Å². The summed E-state index contributed by atoms with van der Waals surface area (Å²) in [5.41, 5.74) is 3.16. The molecule has 3 rings (SSSR count). The number of nitrogens with zero attached hydrogens (tertiary/aromatic N) is 1. The fourth-order valence-electron chi connectivity index (χ4n) is 2.19. The Morgan fingerprint density at radius 1 is 1.00 bits per heavy atom. The molecule has 1 nitrogen and oxygen atoms in total. The van der Waals surface area contributed by atoms with Gasteiger partial charge in [0, 0.05) is 17.3 Å². The van der Waals surface area contributed by atoms with Crippen molar-refractivity contribution in [3.05, 3.63) is 66.1 Å². The number of aryl methyl sites for hydroxylation is 1. The average molecular weight is 225 g/mol. The third-order valence-electron chi connectivity index (χ3n) is 3.00. The molecule has 1 heterocycles. The fraction of sp³-hybridized carbons (Fsp3) is 0.0667. The van der Waals surface area contributed by atoms with Gasteiger partial charge in [-0.05, 0) is 36.8 Å². The van der Waals surface area contributed by atoms with Crippen LogP contribution in [0.15, 0.2) is 54.7 Å². The molecule has 0 aliphatic heterocycles. The standard InChI is InChI=1S/C15H12FN/c1-11-10-17(13-6-4-5-12(16)9-13)15-8-3-2-7-14(11)15/h2-10H,1H3. The lowest BCUT2D eigenvalue weighted by Gasteiger charge is -2.04. The van der Waals surface area contributed by atoms with Gasteiger partial charge >= 0.3 is 0 Å². The van der Waals surface area contributed by atoms with Gasteiger partial charge in [-0.3, -0.25) is 0 Å². The number of aromatic nitrogens is 1. The van der Waals surface area contributed by atoms with E-state index in [4.69, 9.17) is 0 Å². The van der Waals surface area contributed by atoms with Gasteiger partial charge < -0.3 is 4.57 Å². The smallest absolute Gasteiger partial charge is 0.125 e. The van der Waals surface area contributed by atoms with Crippen molar-refractivity contribution in [2.45, 2.75) is 6.92 Å². The van der Waals surface area contributed by atoms with Crippen LogP contribution in [-0.2, 0) is 0 Å². The number of para-hydroxylation sites is 1. The van der Waals surface area contributed by atoms with Crippen LogP contribution < -0.4 is 0 Å². The first-order chi connectivity index (χ1) is 8.25. The number of hydrogen-bond donors (Lipinski definition) is 0. The van der Waals surface area contributed by atoms with E-state index < -0.39 is 0 Å². The Morgan fingerprint density at radius 3 is 2.65 bits per heavy atom. The number of fused-ring (bicyclic) bond motifs is 1. The van der Waals surface area contributed by atoms with Gasteiger partial charge in [0.05, 0.1) is 5.52 Å². The zero-order valence-corrected chi connectivity index (χ0v) is 9.52. The second-order valence-corrected chi connectivity index (χ2v) is 4.18. The van der Waals surface area contributed by atoms with Crippen LogP contribution in [0.2, 0.25) is 0 Å². The van der Waals surface area contributed by atoms with E-state index in [0.717, 1.165) is 11.2 Å². The molecule has 0 radical (unpaired) electrons. The number of halogens is 1. The van der Waals surface area contributed by atoms with Crippen molar-refractivity contribution in [1.29, 1.82) is 0 Å². The molecule has 0 spiro atoms. The first kappa shape index (κ1) is 10.1. The zero-order valence-electron chi connectivity index (χ0n) is 9.52. The van der Waals surface area contributed by atoms with Crippen LogP contribution in [-0.4, -0.2) is 4.57 Å². The van der Waals surface area contributed by atoms with Crippen LogP contribution in [0.25, 0.3) is 16.6 Å². The lowest BCUT2D eigenvalue weighted by atomic mass is 10.2. The fourth-order valence-corrected chi connectivity index (χ4v) is 2.19. The quantitative estimate of drug-likeness (QED) is 0.588. The Kier molecular flexibility index (Phi) is 2.22. The average Bonchev–Trinajstić information content (AvgIpc) is 2.68. The lowest BCUT2D eigenvalue weighted by Crippen LogP contribution is -1.91. The Balaban J connectivity index is 2.31. The van der Waals surface area contributed by atoms with Crippen molar-refractivity contribution in [2.75, 3.05) is 0 Å². The predicted octanol–water partition coefficient (Wildman–Crippen LogP) is 4.08. The van der Waals surface area contributed by atoms with Gasteiger partial charge in [-0.1, -0.05) is 24.3 Å². The maximum Gasteiger partial charge on any atom is 0.125 e. The van der Waals surface area contributed by atoms with E-state index in [0.29, 0.717) is 0 Å². The summed E-state index contributed by atoms with van der Waals surface area (Å²) in [6.45, 7) is 2.07. The summed E-state index contributed by atoms with van der Waals surface area (Å²) >= 11 is 0. The molecule has 0 atom stereocenters. The number of rotatable bonds is 1. The molecule has 17 heavy (non-hydrogen) atoms. The summed E-state index contributed by atoms with van der Waals surface area (Å²) in [6.07, 6.45) is 2.04. The molecular formula is C15H12FN. The molecule has 0 aliphatic rings. The molecule has 2 heteroatoms. The zero-order chi connectivity index (χ0) is 11.8. The van der Waals surface area contributed by atoms with Crippen LogP contribution in [0.1, 0.15) is 5.56 Å². The van der Waals surface area contributed by atoms with E-state index in [1.54, 1.807) is 12.1 Å². The predicted molar refractivity (Wildman–Crippen MR) is 68.0 cm³/mol. The monoisotopic (exact) mass is 225 g/mol. The normalized spacial score (nSPS) is 10.9. The molecule has 84 valence electrons. The minimum atomic E-state index is -0.210. The third kappa shape index (κ3) is 1.62. The van der Waals surface area contributed by atoms with E-state index in [2.05, 4.69) is 13.0 Å². The summed E-state index contributed by atoms with van der Waals surface area (Å²) in [7, 11) is 0. The van der Waals surface area contributed by atoms with Gasteiger partial charge in [0.15, 0.2) is 0 Å². The maximum atomic E-state index is 13.2. The van der Waals surface area contributed by atoms with Crippen molar-refractivity contribution < 1.29 is 4.39 Å². The Labute approximate surface area is 99.1 Å². The summed E-state index contributed by atoms with van der Waals surface area (Å²) in [5, 5.41) is 1.21. The second-order valence-electron chi connectivity index (χ2n) is 4.18. The molecule has 0 fully saturated rings. The summed E-state index contributed by atoms with van der Waals surface area (Å²) < 4.78 is 15.3. The van der Waals surface area contributed by atoms with Crippen LogP contribution >= 0.6 is 0 Å². The molecule has 0 amide bonds. The molecule has 0 saturated heterocycles. The maximum absolute atomic E-state index is 13.2. The first-order valence-corrected chi connectivity index (χ1v) is 5.58. The highest BCUT2D eigenvalue weighted by Gasteiger charge is 2.06. The van der Waals surface area contributed by atoms with Gasteiger partial charge in [0.2, 0.25) is 0 Å². The molecule has 0 N–H and O–H groups in total. The molecular weight excluding hydrogens is 213 g/mol. The molecule has 2 aromatic carbocycles. The van der Waals surface area contributed by atoms with E-state index >= 15 is 0 Å². The second kappa shape index (κ2) is 3.74. The van der Waals surface area contributed by atoms with Crippen molar-refractivity contribution in [3.63, 3.8) is 0 Å². The SMILES string of the molecule is Cc1cn(-c2cccc(F)c2)c2ccccc12.